The van der Waals surface area contributed by atoms with E-state index in [-0.39, 0.29) is 5.92 Å². The summed E-state index contributed by atoms with van der Waals surface area (Å²) in [6, 6.07) is 11.9. The Morgan fingerprint density at radius 2 is 2.05 bits per heavy atom. The van der Waals surface area contributed by atoms with Gasteiger partial charge in [-0.1, -0.05) is 31.0 Å². The molecule has 1 radical (unpaired) electrons. The van der Waals surface area contributed by atoms with Gasteiger partial charge in [0, 0.05) is 24.1 Å². The third kappa shape index (κ3) is 2.65. The van der Waals surface area contributed by atoms with Crippen LogP contribution in [0.2, 0.25) is 0 Å². The molecule has 2 heteroatoms. The number of hydrogen-bond donors (Lipinski definition) is 0. The number of Topliss-reactive ketones (excluding diaryl/α,β-unsaturated/α-hetero) is 1. The fraction of sp³-hybridized carbons (Fsp3) is 0.444. The lowest BCUT2D eigenvalue weighted by molar-refractivity contribution is -0.122. The maximum Gasteiger partial charge on any atom is 0.136 e. The molecule has 1 saturated carbocycles. The fourth-order valence-electron chi connectivity index (χ4n) is 3.32. The van der Waals surface area contributed by atoms with Gasteiger partial charge in [-0.3, -0.25) is 4.79 Å². The SMILES string of the molecule is C[C](CC1CCCCCC1=O)n1ccc2ccccc21. The van der Waals surface area contributed by atoms with Crippen LogP contribution in [0, 0.1) is 12.0 Å². The lowest BCUT2D eigenvalue weighted by atomic mass is 9.92. The molecule has 2 aromatic rings. The van der Waals surface area contributed by atoms with Gasteiger partial charge in [-0.15, -0.1) is 0 Å². The minimum absolute atomic E-state index is 0.235. The summed E-state index contributed by atoms with van der Waals surface area (Å²) in [5.74, 6) is 0.706. The highest BCUT2D eigenvalue weighted by Crippen LogP contribution is 2.29. The number of nitrogens with zero attached hydrogens (tertiary/aromatic N) is 1. The summed E-state index contributed by atoms with van der Waals surface area (Å²) in [6.45, 7) is 2.16. The van der Waals surface area contributed by atoms with Crippen LogP contribution in [-0.4, -0.2) is 10.4 Å². The van der Waals surface area contributed by atoms with Crippen molar-refractivity contribution in [3.8, 4) is 0 Å². The van der Waals surface area contributed by atoms with Crippen LogP contribution >= 0.6 is 0 Å². The van der Waals surface area contributed by atoms with Crippen molar-refractivity contribution in [3.05, 3.63) is 42.6 Å². The predicted octanol–water partition coefficient (Wildman–Crippen LogP) is 4.58. The first-order valence-electron chi connectivity index (χ1n) is 7.67. The Hall–Kier alpha value is -1.57. The Bertz CT molecular complexity index is 598. The summed E-state index contributed by atoms with van der Waals surface area (Å²) >= 11 is 0. The Morgan fingerprint density at radius 1 is 1.20 bits per heavy atom. The van der Waals surface area contributed by atoms with E-state index in [2.05, 4.69) is 48.0 Å². The predicted molar refractivity (Wildman–Crippen MR) is 82.5 cm³/mol. The first-order valence-corrected chi connectivity index (χ1v) is 7.67. The van der Waals surface area contributed by atoms with E-state index in [1.165, 1.54) is 29.8 Å². The van der Waals surface area contributed by atoms with Crippen LogP contribution in [0.1, 0.15) is 45.4 Å². The zero-order valence-corrected chi connectivity index (χ0v) is 12.1. The standard InChI is InChI=1S/C18H22NO/c1-14(13-16-8-3-2-4-10-18(16)20)19-12-11-15-7-5-6-9-17(15)19/h5-7,9,11-12,16H,2-4,8,10,13H2,1H3. The van der Waals surface area contributed by atoms with Crippen LogP contribution in [0.4, 0.5) is 0 Å². The molecule has 1 aromatic heterocycles. The van der Waals surface area contributed by atoms with E-state index < -0.39 is 0 Å². The lowest BCUT2D eigenvalue weighted by Crippen LogP contribution is -2.18. The van der Waals surface area contributed by atoms with E-state index in [1.807, 2.05) is 0 Å². The second-order valence-corrected chi connectivity index (χ2v) is 5.95. The maximum atomic E-state index is 12.2. The van der Waals surface area contributed by atoms with E-state index in [0.29, 0.717) is 5.78 Å². The van der Waals surface area contributed by atoms with Crippen molar-refractivity contribution in [2.75, 3.05) is 0 Å². The van der Waals surface area contributed by atoms with Crippen molar-refractivity contribution in [2.24, 2.45) is 5.92 Å². The summed E-state index contributed by atoms with van der Waals surface area (Å²) < 4.78 is 2.24. The van der Waals surface area contributed by atoms with Gasteiger partial charge in [0.25, 0.3) is 0 Å². The molecule has 0 saturated heterocycles. The molecule has 1 atom stereocenters. The molecule has 105 valence electrons. The second-order valence-electron chi connectivity index (χ2n) is 5.95. The minimum Gasteiger partial charge on any atom is -0.339 e. The molecule has 0 N–H and O–H groups in total. The largest absolute Gasteiger partial charge is 0.339 e. The molecule has 1 aliphatic carbocycles. The van der Waals surface area contributed by atoms with Gasteiger partial charge in [-0.2, -0.15) is 0 Å². The Morgan fingerprint density at radius 3 is 2.95 bits per heavy atom. The zero-order valence-electron chi connectivity index (χ0n) is 12.1. The first kappa shape index (κ1) is 13.4. The third-order valence-electron chi connectivity index (χ3n) is 4.48. The topological polar surface area (TPSA) is 22.0 Å². The minimum atomic E-state index is 0.235. The lowest BCUT2D eigenvalue weighted by Gasteiger charge is -2.20. The first-order chi connectivity index (χ1) is 9.75. The quantitative estimate of drug-likeness (QED) is 0.747. The van der Waals surface area contributed by atoms with Crippen molar-refractivity contribution in [1.82, 2.24) is 4.57 Å². The molecular formula is C18H22NO. The summed E-state index contributed by atoms with van der Waals surface area (Å²) in [5.41, 5.74) is 1.24. The van der Waals surface area contributed by atoms with Crippen molar-refractivity contribution in [3.63, 3.8) is 0 Å². The van der Waals surface area contributed by atoms with E-state index in [9.17, 15) is 4.79 Å². The molecule has 2 nitrogen and oxygen atoms in total. The Balaban J connectivity index is 1.78. The molecule has 1 heterocycles. The van der Waals surface area contributed by atoms with Crippen LogP contribution in [0.5, 0.6) is 0 Å². The van der Waals surface area contributed by atoms with E-state index in [1.54, 1.807) is 0 Å². The summed E-state index contributed by atoms with van der Waals surface area (Å²) in [6.07, 6.45) is 8.38. The highest BCUT2D eigenvalue weighted by molar-refractivity contribution is 5.82. The number of carbonyl (C=O) groups is 1. The van der Waals surface area contributed by atoms with Crippen LogP contribution in [0.15, 0.2) is 36.5 Å². The van der Waals surface area contributed by atoms with E-state index in [4.69, 9.17) is 0 Å². The molecule has 0 aliphatic heterocycles. The number of hydrogen-bond acceptors (Lipinski definition) is 1. The molecular weight excluding hydrogens is 246 g/mol. The number of aromatic nitrogens is 1. The van der Waals surface area contributed by atoms with Crippen molar-refractivity contribution in [2.45, 2.75) is 45.4 Å². The second kappa shape index (κ2) is 5.82. The molecule has 0 bridgehead atoms. The summed E-state index contributed by atoms with van der Waals surface area (Å²) in [7, 11) is 0. The average Bonchev–Trinajstić information content (AvgIpc) is 2.79. The van der Waals surface area contributed by atoms with Gasteiger partial charge in [-0.25, -0.2) is 0 Å². The molecule has 1 aliphatic rings. The Labute approximate surface area is 120 Å². The van der Waals surface area contributed by atoms with Crippen molar-refractivity contribution < 1.29 is 4.79 Å². The van der Waals surface area contributed by atoms with Crippen molar-refractivity contribution in [1.29, 1.82) is 0 Å². The molecule has 1 unspecified atom stereocenters. The number of para-hydroxylation sites is 1. The summed E-state index contributed by atoms with van der Waals surface area (Å²) in [5, 5.41) is 1.26. The normalized spacial score (nSPS) is 20.5. The van der Waals surface area contributed by atoms with Crippen LogP contribution in [0.25, 0.3) is 10.9 Å². The highest BCUT2D eigenvalue weighted by Gasteiger charge is 2.24. The highest BCUT2D eigenvalue weighted by atomic mass is 16.1. The number of benzene rings is 1. The van der Waals surface area contributed by atoms with Crippen LogP contribution in [-0.2, 0) is 4.79 Å². The van der Waals surface area contributed by atoms with Gasteiger partial charge in [-0.05, 0) is 43.7 Å². The van der Waals surface area contributed by atoms with Crippen LogP contribution in [0.3, 0.4) is 0 Å². The van der Waals surface area contributed by atoms with Crippen molar-refractivity contribution >= 4 is 16.7 Å². The zero-order chi connectivity index (χ0) is 13.9. The Kier molecular flexibility index (Phi) is 3.90. The molecule has 1 aromatic carbocycles. The van der Waals surface area contributed by atoms with E-state index >= 15 is 0 Å². The van der Waals surface area contributed by atoms with Gasteiger partial charge < -0.3 is 4.57 Å². The summed E-state index contributed by atoms with van der Waals surface area (Å²) in [4.78, 5) is 12.2. The van der Waals surface area contributed by atoms with Crippen LogP contribution < -0.4 is 0 Å². The number of fused-ring (bicyclic) bond motifs is 1. The fourth-order valence-corrected chi connectivity index (χ4v) is 3.32. The number of ketones is 1. The monoisotopic (exact) mass is 268 g/mol. The molecule has 0 amide bonds. The molecule has 0 spiro atoms. The smallest absolute Gasteiger partial charge is 0.136 e. The van der Waals surface area contributed by atoms with Gasteiger partial charge in [0.2, 0.25) is 0 Å². The average molecular weight is 268 g/mol. The molecule has 1 fully saturated rings. The van der Waals surface area contributed by atoms with E-state index in [0.717, 1.165) is 25.7 Å². The number of carbonyl (C=O) groups excluding carboxylic acids is 1. The number of rotatable bonds is 3. The molecule has 20 heavy (non-hydrogen) atoms. The molecule has 3 rings (SSSR count). The van der Waals surface area contributed by atoms with Gasteiger partial charge in [0.1, 0.15) is 5.78 Å². The van der Waals surface area contributed by atoms with Gasteiger partial charge in [0.05, 0.1) is 6.04 Å². The third-order valence-corrected chi connectivity index (χ3v) is 4.48. The van der Waals surface area contributed by atoms with Gasteiger partial charge >= 0.3 is 0 Å². The van der Waals surface area contributed by atoms with Gasteiger partial charge in [0.15, 0.2) is 0 Å². The maximum absolute atomic E-state index is 12.2.